The fourth-order valence-electron chi connectivity index (χ4n) is 3.42. The molecule has 0 N–H and O–H groups in total. The normalized spacial score (nSPS) is 17.0. The second kappa shape index (κ2) is 8.74. The van der Waals surface area contributed by atoms with Gasteiger partial charge in [0.05, 0.1) is 30.2 Å². The number of nitrogens with zero attached hydrogens (tertiary/aromatic N) is 4. The number of aryl methyl sites for hydroxylation is 1. The van der Waals surface area contributed by atoms with E-state index < -0.39 is 0 Å². The summed E-state index contributed by atoms with van der Waals surface area (Å²) in [6.07, 6.45) is 4.59. The van der Waals surface area contributed by atoms with Crippen molar-refractivity contribution in [1.82, 2.24) is 19.6 Å². The molecule has 1 aromatic heterocycles. The van der Waals surface area contributed by atoms with Gasteiger partial charge in [0.15, 0.2) is 0 Å². The Balaban J connectivity index is 1.50. The van der Waals surface area contributed by atoms with Crippen molar-refractivity contribution >= 4 is 23.6 Å². The number of likely N-dealkylation sites (tertiary alicyclic amines) is 1. The van der Waals surface area contributed by atoms with E-state index in [0.29, 0.717) is 25.1 Å². The Labute approximate surface area is 153 Å². The van der Waals surface area contributed by atoms with Gasteiger partial charge < -0.3 is 9.80 Å². The van der Waals surface area contributed by atoms with E-state index in [2.05, 4.69) is 18.1 Å². The highest BCUT2D eigenvalue weighted by molar-refractivity contribution is 7.99. The number of hydrogen-bond acceptors (Lipinski definition) is 4. The quantitative estimate of drug-likeness (QED) is 0.694. The first-order chi connectivity index (χ1) is 12.2. The van der Waals surface area contributed by atoms with Crippen LogP contribution in [0.1, 0.15) is 44.0 Å². The second-order valence-corrected chi connectivity index (χ2v) is 7.91. The van der Waals surface area contributed by atoms with Crippen LogP contribution in [0.3, 0.4) is 0 Å². The molecule has 138 valence electrons. The van der Waals surface area contributed by atoms with E-state index in [4.69, 9.17) is 0 Å². The van der Waals surface area contributed by atoms with E-state index in [1.165, 1.54) is 0 Å². The Morgan fingerprint density at radius 3 is 2.68 bits per heavy atom. The maximum absolute atomic E-state index is 12.3. The van der Waals surface area contributed by atoms with Crippen molar-refractivity contribution in [1.29, 1.82) is 0 Å². The first kappa shape index (κ1) is 18.3. The Hall–Kier alpha value is -1.50. The van der Waals surface area contributed by atoms with Crippen LogP contribution in [0, 0.1) is 0 Å². The minimum absolute atomic E-state index is 0.219. The second-order valence-electron chi connectivity index (χ2n) is 6.81. The van der Waals surface area contributed by atoms with Crippen LogP contribution in [-0.2, 0) is 29.1 Å². The number of thioether (sulfide) groups is 1. The Morgan fingerprint density at radius 1 is 1.12 bits per heavy atom. The summed E-state index contributed by atoms with van der Waals surface area (Å²) >= 11 is 1.71. The van der Waals surface area contributed by atoms with E-state index in [1.54, 1.807) is 11.8 Å². The van der Waals surface area contributed by atoms with Crippen LogP contribution in [0.2, 0.25) is 0 Å². The summed E-state index contributed by atoms with van der Waals surface area (Å²) in [6.45, 7) is 6.06. The zero-order chi connectivity index (χ0) is 17.6. The number of hydrogen-bond donors (Lipinski definition) is 0. The molecule has 0 radical (unpaired) electrons. The van der Waals surface area contributed by atoms with E-state index in [1.807, 2.05) is 14.5 Å². The molecular formula is C18H28N4O2S. The Bertz CT molecular complexity index is 610. The first-order valence-corrected chi connectivity index (χ1v) is 10.5. The molecule has 0 bridgehead atoms. The predicted molar refractivity (Wildman–Crippen MR) is 99.4 cm³/mol. The van der Waals surface area contributed by atoms with Crippen molar-refractivity contribution in [3.63, 3.8) is 0 Å². The van der Waals surface area contributed by atoms with Crippen LogP contribution in [0.4, 0.5) is 0 Å². The molecular weight excluding hydrogens is 336 g/mol. The summed E-state index contributed by atoms with van der Waals surface area (Å²) in [5.41, 5.74) is 2.06. The van der Waals surface area contributed by atoms with Gasteiger partial charge in [-0.25, -0.2) is 0 Å². The number of aromatic nitrogens is 2. The molecule has 0 atom stereocenters. The molecule has 2 amide bonds. The van der Waals surface area contributed by atoms with Gasteiger partial charge in [-0.05, 0) is 31.1 Å². The molecule has 0 aliphatic carbocycles. The molecule has 2 aliphatic heterocycles. The van der Waals surface area contributed by atoms with Crippen LogP contribution in [0.25, 0.3) is 0 Å². The lowest BCUT2D eigenvalue weighted by Crippen LogP contribution is -2.39. The highest BCUT2D eigenvalue weighted by Crippen LogP contribution is 2.17. The lowest BCUT2D eigenvalue weighted by atomic mass is 10.2. The zero-order valence-electron chi connectivity index (χ0n) is 15.1. The van der Waals surface area contributed by atoms with Crippen LogP contribution in [0.15, 0.2) is 6.07 Å². The van der Waals surface area contributed by atoms with E-state index in [9.17, 15) is 9.59 Å². The van der Waals surface area contributed by atoms with Gasteiger partial charge in [0.1, 0.15) is 0 Å². The molecule has 1 fully saturated rings. The third-order valence-corrected chi connectivity index (χ3v) is 5.98. The monoisotopic (exact) mass is 364 g/mol. The van der Waals surface area contributed by atoms with Gasteiger partial charge in [-0.15, -0.1) is 0 Å². The SMILES string of the molecule is CCCSCC(=O)N1CCn2nc(CCC(=O)N3CCCC3)cc2C1. The Kier molecular flexibility index (Phi) is 6.39. The molecule has 7 heteroatoms. The topological polar surface area (TPSA) is 58.4 Å². The summed E-state index contributed by atoms with van der Waals surface area (Å²) in [7, 11) is 0. The average Bonchev–Trinajstić information content (AvgIpc) is 3.28. The summed E-state index contributed by atoms with van der Waals surface area (Å²) in [4.78, 5) is 28.3. The minimum atomic E-state index is 0.219. The van der Waals surface area contributed by atoms with Gasteiger partial charge in [0, 0.05) is 32.5 Å². The van der Waals surface area contributed by atoms with Crippen LogP contribution in [0.5, 0.6) is 0 Å². The van der Waals surface area contributed by atoms with Gasteiger partial charge in [-0.2, -0.15) is 16.9 Å². The van der Waals surface area contributed by atoms with Crippen LogP contribution < -0.4 is 0 Å². The summed E-state index contributed by atoms with van der Waals surface area (Å²) in [5, 5.41) is 4.62. The highest BCUT2D eigenvalue weighted by atomic mass is 32.2. The minimum Gasteiger partial charge on any atom is -0.343 e. The van der Waals surface area contributed by atoms with Crippen molar-refractivity contribution in [3.8, 4) is 0 Å². The largest absolute Gasteiger partial charge is 0.343 e. The average molecular weight is 365 g/mol. The fraction of sp³-hybridized carbons (Fsp3) is 0.722. The molecule has 3 rings (SSSR count). The van der Waals surface area contributed by atoms with Crippen molar-refractivity contribution in [2.24, 2.45) is 0 Å². The highest BCUT2D eigenvalue weighted by Gasteiger charge is 2.23. The Morgan fingerprint density at radius 2 is 1.92 bits per heavy atom. The van der Waals surface area contributed by atoms with Crippen LogP contribution in [-0.4, -0.2) is 62.5 Å². The van der Waals surface area contributed by atoms with E-state index >= 15 is 0 Å². The molecule has 6 nitrogen and oxygen atoms in total. The molecule has 0 spiro atoms. The van der Waals surface area contributed by atoms with E-state index in [-0.39, 0.29) is 11.8 Å². The zero-order valence-corrected chi connectivity index (χ0v) is 15.9. The molecule has 3 heterocycles. The summed E-state index contributed by atoms with van der Waals surface area (Å²) < 4.78 is 2.00. The molecule has 0 unspecified atom stereocenters. The molecule has 1 aromatic rings. The maximum Gasteiger partial charge on any atom is 0.232 e. The third-order valence-electron chi connectivity index (χ3n) is 4.83. The molecule has 2 aliphatic rings. The van der Waals surface area contributed by atoms with Gasteiger partial charge in [-0.3, -0.25) is 14.3 Å². The lowest BCUT2D eigenvalue weighted by molar-refractivity contribution is -0.130. The summed E-state index contributed by atoms with van der Waals surface area (Å²) in [5.74, 6) is 2.07. The number of fused-ring (bicyclic) bond motifs is 1. The number of carbonyl (C=O) groups is 2. The molecule has 25 heavy (non-hydrogen) atoms. The molecule has 1 saturated heterocycles. The third kappa shape index (κ3) is 4.77. The fourth-order valence-corrected chi connectivity index (χ4v) is 4.21. The van der Waals surface area contributed by atoms with E-state index in [0.717, 1.165) is 62.6 Å². The number of carbonyl (C=O) groups excluding carboxylic acids is 2. The first-order valence-electron chi connectivity index (χ1n) is 9.36. The summed E-state index contributed by atoms with van der Waals surface area (Å²) in [6, 6.07) is 2.07. The van der Waals surface area contributed by atoms with Crippen molar-refractivity contribution in [2.75, 3.05) is 31.1 Å². The smallest absolute Gasteiger partial charge is 0.232 e. The number of rotatable bonds is 7. The van der Waals surface area contributed by atoms with Crippen molar-refractivity contribution in [3.05, 3.63) is 17.5 Å². The van der Waals surface area contributed by atoms with Crippen molar-refractivity contribution in [2.45, 2.75) is 52.1 Å². The predicted octanol–water partition coefficient (Wildman–Crippen LogP) is 1.92. The van der Waals surface area contributed by atoms with Gasteiger partial charge >= 0.3 is 0 Å². The van der Waals surface area contributed by atoms with Gasteiger partial charge in [0.2, 0.25) is 11.8 Å². The lowest BCUT2D eigenvalue weighted by Gasteiger charge is -2.27. The maximum atomic E-state index is 12.3. The van der Waals surface area contributed by atoms with Crippen LogP contribution >= 0.6 is 11.8 Å². The van der Waals surface area contributed by atoms with Gasteiger partial charge in [0.25, 0.3) is 0 Å². The van der Waals surface area contributed by atoms with Crippen molar-refractivity contribution < 1.29 is 9.59 Å². The standard InChI is InChI=1S/C18H28N4O2S/c1-2-11-25-14-18(24)21-9-10-22-16(13-21)12-15(19-22)5-6-17(23)20-7-3-4-8-20/h12H,2-11,13-14H2,1H3. The molecule has 0 saturated carbocycles. The molecule has 0 aromatic carbocycles. The number of amides is 2. The van der Waals surface area contributed by atoms with Gasteiger partial charge in [-0.1, -0.05) is 6.92 Å².